The second kappa shape index (κ2) is 6.48. The Balaban J connectivity index is 2.44. The summed E-state index contributed by atoms with van der Waals surface area (Å²) in [7, 11) is 0. The van der Waals surface area contributed by atoms with Crippen molar-refractivity contribution in [1.82, 2.24) is 5.32 Å². The Bertz CT molecular complexity index is 390. The maximum Gasteiger partial charge on any atom is 0.401 e. The first-order valence-corrected chi connectivity index (χ1v) is 6.67. The molecule has 0 heterocycles. The number of hydrogen-bond acceptors (Lipinski definition) is 2. The molecule has 1 N–H and O–H groups in total. The molecule has 0 bridgehead atoms. The van der Waals surface area contributed by atoms with E-state index in [0.717, 1.165) is 10.5 Å². The average molecular weight is 277 g/mol. The molecule has 0 aliphatic heterocycles. The Hall–Kier alpha value is -0.680. The summed E-state index contributed by atoms with van der Waals surface area (Å²) in [4.78, 5) is 1.14. The lowest BCUT2D eigenvalue weighted by Gasteiger charge is -2.15. The Labute approximate surface area is 110 Å². The smallest absolute Gasteiger partial charge is 0.308 e. The van der Waals surface area contributed by atoms with Gasteiger partial charge in [-0.15, -0.1) is 11.8 Å². The molecule has 1 aromatic carbocycles. The van der Waals surface area contributed by atoms with Crippen LogP contribution in [0.25, 0.3) is 0 Å². The zero-order valence-corrected chi connectivity index (χ0v) is 11.6. The molecule has 102 valence electrons. The highest BCUT2D eigenvalue weighted by molar-refractivity contribution is 8.00. The number of alkyl halides is 3. The molecule has 0 spiro atoms. The third-order valence-corrected chi connectivity index (χ3v) is 3.69. The predicted octanol–water partition coefficient (Wildman–Crippen LogP) is 3.94. The van der Waals surface area contributed by atoms with Crippen molar-refractivity contribution in [2.24, 2.45) is 0 Å². The van der Waals surface area contributed by atoms with Crippen LogP contribution in [-0.4, -0.2) is 24.5 Å². The second-order valence-corrected chi connectivity index (χ2v) is 5.92. The van der Waals surface area contributed by atoms with E-state index in [0.29, 0.717) is 6.54 Å². The Morgan fingerprint density at radius 1 is 1.28 bits per heavy atom. The van der Waals surface area contributed by atoms with Crippen LogP contribution >= 0.6 is 11.8 Å². The molecule has 0 aromatic heterocycles. The zero-order valence-electron chi connectivity index (χ0n) is 10.8. The van der Waals surface area contributed by atoms with Gasteiger partial charge < -0.3 is 5.32 Å². The molecule has 0 radical (unpaired) electrons. The molecule has 1 aromatic rings. The SMILES string of the molecule is Cc1ccc(C)c(SC(C)CNCC(F)(F)F)c1. The summed E-state index contributed by atoms with van der Waals surface area (Å²) in [5.74, 6) is 0. The summed E-state index contributed by atoms with van der Waals surface area (Å²) in [5, 5.41) is 2.54. The molecule has 0 saturated carbocycles. The predicted molar refractivity (Wildman–Crippen MR) is 70.2 cm³/mol. The summed E-state index contributed by atoms with van der Waals surface area (Å²) in [6, 6.07) is 6.14. The van der Waals surface area contributed by atoms with Crippen LogP contribution in [0.2, 0.25) is 0 Å². The van der Waals surface area contributed by atoms with Crippen LogP contribution in [0.1, 0.15) is 18.1 Å². The van der Waals surface area contributed by atoms with E-state index in [1.54, 1.807) is 11.8 Å². The Kier molecular flexibility index (Phi) is 5.53. The van der Waals surface area contributed by atoms with E-state index in [1.807, 2.05) is 32.9 Å². The number of aryl methyl sites for hydroxylation is 2. The van der Waals surface area contributed by atoms with Gasteiger partial charge in [-0.1, -0.05) is 24.6 Å². The number of nitrogens with one attached hydrogen (secondary N) is 1. The zero-order chi connectivity index (χ0) is 13.8. The summed E-state index contributed by atoms with van der Waals surface area (Å²) in [5.41, 5.74) is 2.33. The fourth-order valence-electron chi connectivity index (χ4n) is 1.51. The van der Waals surface area contributed by atoms with Gasteiger partial charge in [0.2, 0.25) is 0 Å². The van der Waals surface area contributed by atoms with E-state index in [-0.39, 0.29) is 5.25 Å². The third-order valence-electron chi connectivity index (χ3n) is 2.43. The first-order valence-electron chi connectivity index (χ1n) is 5.79. The minimum Gasteiger partial charge on any atom is -0.308 e. The van der Waals surface area contributed by atoms with E-state index >= 15 is 0 Å². The van der Waals surface area contributed by atoms with Crippen molar-refractivity contribution >= 4 is 11.8 Å². The molecule has 0 aliphatic carbocycles. The van der Waals surface area contributed by atoms with E-state index in [9.17, 15) is 13.2 Å². The highest BCUT2D eigenvalue weighted by Crippen LogP contribution is 2.27. The minimum absolute atomic E-state index is 0.104. The molecule has 18 heavy (non-hydrogen) atoms. The average Bonchev–Trinajstić information content (AvgIpc) is 2.21. The molecule has 1 nitrogen and oxygen atoms in total. The topological polar surface area (TPSA) is 12.0 Å². The molecular formula is C13H18F3NS. The normalized spacial score (nSPS) is 13.7. The molecule has 5 heteroatoms. The fourth-order valence-corrected chi connectivity index (χ4v) is 2.65. The first-order chi connectivity index (χ1) is 8.28. The van der Waals surface area contributed by atoms with Crippen LogP contribution in [-0.2, 0) is 0 Å². The van der Waals surface area contributed by atoms with Crippen LogP contribution in [0, 0.1) is 13.8 Å². The summed E-state index contributed by atoms with van der Waals surface area (Å²) in [6.07, 6.45) is -4.14. The standard InChI is InChI=1S/C13H18F3NS/c1-9-4-5-10(2)12(6-9)18-11(3)7-17-8-13(14,15)16/h4-6,11,17H,7-8H2,1-3H3. The summed E-state index contributed by atoms with van der Waals surface area (Å²) < 4.78 is 35.9. The summed E-state index contributed by atoms with van der Waals surface area (Å²) in [6.45, 7) is 5.37. The fraction of sp³-hybridized carbons (Fsp3) is 0.538. The van der Waals surface area contributed by atoms with Crippen LogP contribution in [0.4, 0.5) is 13.2 Å². The van der Waals surface area contributed by atoms with E-state index in [2.05, 4.69) is 11.4 Å². The lowest BCUT2D eigenvalue weighted by molar-refractivity contribution is -0.124. The summed E-state index contributed by atoms with van der Waals surface area (Å²) >= 11 is 1.61. The highest BCUT2D eigenvalue weighted by Gasteiger charge is 2.26. The maximum absolute atomic E-state index is 12.0. The van der Waals surface area contributed by atoms with Gasteiger partial charge in [-0.2, -0.15) is 13.2 Å². The number of thioether (sulfide) groups is 1. The maximum atomic E-state index is 12.0. The van der Waals surface area contributed by atoms with Crippen molar-refractivity contribution < 1.29 is 13.2 Å². The van der Waals surface area contributed by atoms with Gasteiger partial charge in [-0.05, 0) is 25.5 Å². The van der Waals surface area contributed by atoms with Crippen LogP contribution in [0.3, 0.4) is 0 Å². The van der Waals surface area contributed by atoms with Crippen molar-refractivity contribution in [3.63, 3.8) is 0 Å². The quantitative estimate of drug-likeness (QED) is 0.818. The highest BCUT2D eigenvalue weighted by atomic mass is 32.2. The number of benzene rings is 1. The van der Waals surface area contributed by atoms with Crippen molar-refractivity contribution in [1.29, 1.82) is 0 Å². The minimum atomic E-state index is -4.14. The monoisotopic (exact) mass is 277 g/mol. The molecule has 0 aliphatic rings. The number of hydrogen-bond donors (Lipinski definition) is 1. The molecule has 1 atom stereocenters. The van der Waals surface area contributed by atoms with Gasteiger partial charge in [-0.25, -0.2) is 0 Å². The van der Waals surface area contributed by atoms with E-state index < -0.39 is 12.7 Å². The lowest BCUT2D eigenvalue weighted by atomic mass is 10.2. The molecular weight excluding hydrogens is 259 g/mol. The van der Waals surface area contributed by atoms with Crippen molar-refractivity contribution in [3.8, 4) is 0 Å². The molecule has 0 amide bonds. The van der Waals surface area contributed by atoms with Gasteiger partial charge in [0, 0.05) is 16.7 Å². The molecule has 1 rings (SSSR count). The van der Waals surface area contributed by atoms with Crippen molar-refractivity contribution in [3.05, 3.63) is 29.3 Å². The van der Waals surface area contributed by atoms with E-state index in [4.69, 9.17) is 0 Å². The van der Waals surface area contributed by atoms with Gasteiger partial charge in [0.1, 0.15) is 0 Å². The molecule has 1 unspecified atom stereocenters. The van der Waals surface area contributed by atoms with E-state index in [1.165, 1.54) is 5.56 Å². The molecule has 0 saturated heterocycles. The van der Waals surface area contributed by atoms with Crippen LogP contribution in [0.5, 0.6) is 0 Å². The van der Waals surface area contributed by atoms with Gasteiger partial charge in [-0.3, -0.25) is 0 Å². The van der Waals surface area contributed by atoms with Crippen LogP contribution in [0.15, 0.2) is 23.1 Å². The van der Waals surface area contributed by atoms with Crippen LogP contribution < -0.4 is 5.32 Å². The van der Waals surface area contributed by atoms with Gasteiger partial charge in [0.05, 0.1) is 6.54 Å². The first kappa shape index (κ1) is 15.4. The number of halogens is 3. The third kappa shape index (κ3) is 5.78. The largest absolute Gasteiger partial charge is 0.401 e. The van der Waals surface area contributed by atoms with Crippen molar-refractivity contribution in [2.45, 2.75) is 37.1 Å². The Morgan fingerprint density at radius 3 is 2.56 bits per heavy atom. The molecule has 0 fully saturated rings. The second-order valence-electron chi connectivity index (χ2n) is 4.44. The van der Waals surface area contributed by atoms with Gasteiger partial charge >= 0.3 is 6.18 Å². The lowest BCUT2D eigenvalue weighted by Crippen LogP contribution is -2.32. The van der Waals surface area contributed by atoms with Gasteiger partial charge in [0.25, 0.3) is 0 Å². The van der Waals surface area contributed by atoms with Crippen molar-refractivity contribution in [2.75, 3.05) is 13.1 Å². The number of rotatable bonds is 5. The Morgan fingerprint density at radius 2 is 1.94 bits per heavy atom. The van der Waals surface area contributed by atoms with Gasteiger partial charge in [0.15, 0.2) is 0 Å².